The fourth-order valence-electron chi connectivity index (χ4n) is 1.51. The Balaban J connectivity index is 2.48. The third-order valence-electron chi connectivity index (χ3n) is 2.58. The first kappa shape index (κ1) is 14.1. The minimum Gasteiger partial charge on any atom is -0.387 e. The van der Waals surface area contributed by atoms with Gasteiger partial charge in [-0.15, -0.1) is 0 Å². The first-order valence-electron chi connectivity index (χ1n) is 4.83. The van der Waals surface area contributed by atoms with Crippen LogP contribution in [0.25, 0.3) is 0 Å². The standard InChI is InChI=1S/C8H17O7P/c1-13-16(12,14-2)4-3-5-6(9)7(10)8(11)15-5/h5-11H,3-4H2,1-2H3/t5-,6+,7-,8?/m1/s1. The molecule has 1 aliphatic rings. The number of rotatable bonds is 5. The van der Waals surface area contributed by atoms with Crippen LogP contribution < -0.4 is 0 Å². The van der Waals surface area contributed by atoms with Gasteiger partial charge in [0.05, 0.1) is 12.3 Å². The second-order valence-corrected chi connectivity index (χ2v) is 5.93. The van der Waals surface area contributed by atoms with Crippen LogP contribution in [0.1, 0.15) is 6.42 Å². The lowest BCUT2D eigenvalue weighted by atomic mass is 10.1. The van der Waals surface area contributed by atoms with Gasteiger partial charge in [0, 0.05) is 14.2 Å². The Morgan fingerprint density at radius 2 is 1.75 bits per heavy atom. The molecule has 7 nitrogen and oxygen atoms in total. The van der Waals surface area contributed by atoms with E-state index in [0.717, 1.165) is 0 Å². The third-order valence-corrected chi connectivity index (χ3v) is 4.50. The van der Waals surface area contributed by atoms with Gasteiger partial charge in [0.15, 0.2) is 6.29 Å². The van der Waals surface area contributed by atoms with Crippen molar-refractivity contribution >= 4 is 7.60 Å². The van der Waals surface area contributed by atoms with E-state index in [1.165, 1.54) is 14.2 Å². The molecule has 1 saturated heterocycles. The van der Waals surface area contributed by atoms with E-state index in [0.29, 0.717) is 0 Å². The molecule has 0 bridgehead atoms. The van der Waals surface area contributed by atoms with Crippen molar-refractivity contribution in [2.75, 3.05) is 20.4 Å². The van der Waals surface area contributed by atoms with Gasteiger partial charge < -0.3 is 29.1 Å². The Morgan fingerprint density at radius 3 is 2.12 bits per heavy atom. The molecule has 1 aliphatic heterocycles. The Morgan fingerprint density at radius 1 is 1.19 bits per heavy atom. The SMILES string of the molecule is COP(=O)(CC[C@H]1OC(O)[C@H](O)[C@H]1O)OC. The predicted molar refractivity (Wildman–Crippen MR) is 54.0 cm³/mol. The maximum Gasteiger partial charge on any atom is 0.330 e. The minimum absolute atomic E-state index is 0.0428. The topological polar surface area (TPSA) is 105 Å². The molecule has 96 valence electrons. The molecule has 4 atom stereocenters. The summed E-state index contributed by atoms with van der Waals surface area (Å²) in [5, 5.41) is 27.8. The van der Waals surface area contributed by atoms with Crippen molar-refractivity contribution in [1.82, 2.24) is 0 Å². The van der Waals surface area contributed by atoms with E-state index in [4.69, 9.17) is 18.9 Å². The number of hydrogen-bond acceptors (Lipinski definition) is 7. The zero-order chi connectivity index (χ0) is 12.3. The van der Waals surface area contributed by atoms with Gasteiger partial charge in [-0.1, -0.05) is 0 Å². The van der Waals surface area contributed by atoms with Crippen molar-refractivity contribution in [1.29, 1.82) is 0 Å². The van der Waals surface area contributed by atoms with Crippen molar-refractivity contribution in [2.45, 2.75) is 31.0 Å². The van der Waals surface area contributed by atoms with Crippen LogP contribution in [0.2, 0.25) is 0 Å². The van der Waals surface area contributed by atoms with Crippen LogP contribution in [0.4, 0.5) is 0 Å². The summed E-state index contributed by atoms with van der Waals surface area (Å²) in [7, 11) is -0.626. The molecule has 0 radical (unpaired) electrons. The fourth-order valence-corrected chi connectivity index (χ4v) is 2.59. The summed E-state index contributed by atoms with van der Waals surface area (Å²) in [6.07, 6.45) is -4.52. The van der Waals surface area contributed by atoms with Gasteiger partial charge in [-0.3, -0.25) is 4.57 Å². The van der Waals surface area contributed by atoms with Crippen molar-refractivity contribution in [2.24, 2.45) is 0 Å². The van der Waals surface area contributed by atoms with Crippen molar-refractivity contribution in [3.05, 3.63) is 0 Å². The fraction of sp³-hybridized carbons (Fsp3) is 1.00. The largest absolute Gasteiger partial charge is 0.387 e. The molecule has 0 aliphatic carbocycles. The average molecular weight is 256 g/mol. The summed E-state index contributed by atoms with van der Waals surface area (Å²) in [6, 6.07) is 0. The minimum atomic E-state index is -3.15. The Kier molecular flexibility index (Phi) is 4.88. The lowest BCUT2D eigenvalue weighted by Gasteiger charge is -2.17. The zero-order valence-corrected chi connectivity index (χ0v) is 10.0. The summed E-state index contributed by atoms with van der Waals surface area (Å²) in [5.41, 5.74) is 0. The van der Waals surface area contributed by atoms with Gasteiger partial charge in [-0.05, 0) is 6.42 Å². The molecule has 1 heterocycles. The molecule has 0 spiro atoms. The smallest absolute Gasteiger partial charge is 0.330 e. The summed E-state index contributed by atoms with van der Waals surface area (Å²) >= 11 is 0. The molecule has 0 amide bonds. The van der Waals surface area contributed by atoms with Crippen LogP contribution in [0, 0.1) is 0 Å². The number of hydrogen-bond donors (Lipinski definition) is 3. The van der Waals surface area contributed by atoms with Crippen LogP contribution in [0.15, 0.2) is 0 Å². The summed E-state index contributed by atoms with van der Waals surface area (Å²) in [4.78, 5) is 0. The maximum absolute atomic E-state index is 11.7. The van der Waals surface area contributed by atoms with Gasteiger partial charge in [-0.25, -0.2) is 0 Å². The van der Waals surface area contributed by atoms with Gasteiger partial charge in [-0.2, -0.15) is 0 Å². The summed E-state index contributed by atoms with van der Waals surface area (Å²) < 4.78 is 26.0. The predicted octanol–water partition coefficient (Wildman–Crippen LogP) is -0.699. The van der Waals surface area contributed by atoms with Crippen LogP contribution >= 0.6 is 7.60 Å². The molecular formula is C8H17O7P. The molecule has 8 heteroatoms. The molecule has 1 fully saturated rings. The van der Waals surface area contributed by atoms with Gasteiger partial charge in [0.1, 0.15) is 12.2 Å². The van der Waals surface area contributed by atoms with Crippen molar-refractivity contribution in [3.63, 3.8) is 0 Å². The highest BCUT2D eigenvalue weighted by molar-refractivity contribution is 7.53. The molecule has 0 aromatic rings. The quantitative estimate of drug-likeness (QED) is 0.558. The van der Waals surface area contributed by atoms with Crippen LogP contribution in [-0.4, -0.2) is 60.3 Å². The van der Waals surface area contributed by atoms with Crippen molar-refractivity contribution < 1.29 is 33.7 Å². The van der Waals surface area contributed by atoms with E-state index in [-0.39, 0.29) is 12.6 Å². The van der Waals surface area contributed by atoms with E-state index >= 15 is 0 Å². The van der Waals surface area contributed by atoms with Crippen LogP contribution in [-0.2, 0) is 18.3 Å². The van der Waals surface area contributed by atoms with Crippen molar-refractivity contribution in [3.8, 4) is 0 Å². The lowest BCUT2D eigenvalue weighted by Crippen LogP contribution is -2.32. The number of ether oxygens (including phenoxy) is 1. The molecule has 1 rings (SSSR count). The van der Waals surface area contributed by atoms with Gasteiger partial charge >= 0.3 is 7.60 Å². The molecular weight excluding hydrogens is 239 g/mol. The lowest BCUT2D eigenvalue weighted by molar-refractivity contribution is -0.127. The molecule has 0 saturated carbocycles. The monoisotopic (exact) mass is 256 g/mol. The Hall–Kier alpha value is -0.0100. The second kappa shape index (κ2) is 5.55. The van der Waals surface area contributed by atoms with E-state index in [1.54, 1.807) is 0 Å². The molecule has 16 heavy (non-hydrogen) atoms. The molecule has 0 aromatic heterocycles. The third kappa shape index (κ3) is 3.01. The average Bonchev–Trinajstić information content (AvgIpc) is 2.54. The highest BCUT2D eigenvalue weighted by Gasteiger charge is 2.42. The number of aliphatic hydroxyl groups excluding tert-OH is 3. The number of aliphatic hydroxyl groups is 3. The zero-order valence-electron chi connectivity index (χ0n) is 9.15. The van der Waals surface area contributed by atoms with E-state index < -0.39 is 32.2 Å². The Bertz CT molecular complexity index is 263. The van der Waals surface area contributed by atoms with E-state index in [2.05, 4.69) is 0 Å². The first-order valence-corrected chi connectivity index (χ1v) is 6.56. The van der Waals surface area contributed by atoms with Gasteiger partial charge in [0.2, 0.25) is 0 Å². The maximum atomic E-state index is 11.7. The highest BCUT2D eigenvalue weighted by atomic mass is 31.2. The van der Waals surface area contributed by atoms with E-state index in [1.807, 2.05) is 0 Å². The normalized spacial score (nSPS) is 35.6. The van der Waals surface area contributed by atoms with Crippen LogP contribution in [0.5, 0.6) is 0 Å². The van der Waals surface area contributed by atoms with Gasteiger partial charge in [0.25, 0.3) is 0 Å². The van der Waals surface area contributed by atoms with E-state index in [9.17, 15) is 14.8 Å². The molecule has 3 N–H and O–H groups in total. The second-order valence-electron chi connectivity index (χ2n) is 3.53. The summed E-state index contributed by atoms with van der Waals surface area (Å²) in [6.45, 7) is 0. The summed E-state index contributed by atoms with van der Waals surface area (Å²) in [5.74, 6) is 0. The first-order chi connectivity index (χ1) is 7.43. The Labute approximate surface area is 93.5 Å². The molecule has 0 aromatic carbocycles. The van der Waals surface area contributed by atoms with Crippen LogP contribution in [0.3, 0.4) is 0 Å². The molecule has 1 unspecified atom stereocenters. The highest BCUT2D eigenvalue weighted by Crippen LogP contribution is 2.47.